The van der Waals surface area contributed by atoms with Gasteiger partial charge in [0.25, 0.3) is 0 Å². The average Bonchev–Trinajstić information content (AvgIpc) is 0.988. The number of likely N-dealkylation sites (tertiary alicyclic amines) is 1. The fraction of sp³-hybridized carbons (Fsp3) is 0.677. The first-order chi connectivity index (χ1) is 42.9. The maximum absolute atomic E-state index is 14.7. The van der Waals surface area contributed by atoms with Gasteiger partial charge in [-0.25, -0.2) is 14.4 Å². The Morgan fingerprint density at radius 2 is 1.39 bits per heavy atom. The van der Waals surface area contributed by atoms with Crippen LogP contribution < -0.4 is 31.7 Å². The van der Waals surface area contributed by atoms with Crippen molar-refractivity contribution in [3.05, 3.63) is 59.7 Å². The van der Waals surface area contributed by atoms with E-state index >= 15 is 0 Å². The van der Waals surface area contributed by atoms with Crippen LogP contribution in [-0.4, -0.2) is 214 Å². The van der Waals surface area contributed by atoms with Gasteiger partial charge in [-0.05, 0) is 88.8 Å². The number of methoxy groups -OCH3 is 2. The molecule has 516 valence electrons. The topological polar surface area (TPSA) is 374 Å². The highest BCUT2D eigenvalue weighted by Gasteiger charge is 2.49. The maximum atomic E-state index is 14.7. The second-order valence-corrected chi connectivity index (χ2v) is 26.2. The van der Waals surface area contributed by atoms with Crippen molar-refractivity contribution in [2.75, 3.05) is 40.2 Å². The summed E-state index contributed by atoms with van der Waals surface area (Å²) in [6, 6.07) is 5.72. The standard InChI is InChI=1S/C65H102N8O19/c1-19-35(8)49(71(15)60(82)47(33(4)5)70-59(81)48(34(6)7)72(16)64(86)92-65(12,13)14)44(87-17)31-45(74)73-29-23-26-42(73)53(88-18)36(9)56(78)67-37(10)54(39-24-21-20-22-25-39)90-62(85)41-28-27-40(69-57(79)38(11)68-58(80)46(66)32(2)3)30-43(41)89-63-52(77)50(75)51(76)55(91-63)61(83)84/h20-22,24-25,27-28,30,32-38,42,44,46-55,63,75-77H,19,23,26,29,31,66H2,1-18H3,(H,67,78)(H,68,80)(H,69,79)(H,70,81)(H,83,84)/t35-,36+,37+,38-,42-,44+,46-,47-,48-,49-,50-,51-,52+,53+,54+,55-,63+/m0/s1. The summed E-state index contributed by atoms with van der Waals surface area (Å²) < 4.78 is 35.2. The van der Waals surface area contributed by atoms with Crippen molar-refractivity contribution in [3.63, 3.8) is 0 Å². The van der Waals surface area contributed by atoms with Gasteiger partial charge < -0.3 is 85.6 Å². The van der Waals surface area contributed by atoms with Gasteiger partial charge in [0.2, 0.25) is 41.7 Å². The van der Waals surface area contributed by atoms with Crippen molar-refractivity contribution in [2.45, 2.75) is 220 Å². The van der Waals surface area contributed by atoms with Crippen molar-refractivity contribution in [1.82, 2.24) is 30.7 Å². The molecule has 0 unspecified atom stereocenters. The van der Waals surface area contributed by atoms with Crippen LogP contribution in [0.4, 0.5) is 10.5 Å². The smallest absolute Gasteiger partial charge is 0.410 e. The van der Waals surface area contributed by atoms with Crippen LogP contribution in [0.15, 0.2) is 48.5 Å². The Balaban J connectivity index is 1.60. The van der Waals surface area contributed by atoms with Crippen LogP contribution >= 0.6 is 0 Å². The van der Waals surface area contributed by atoms with E-state index in [4.69, 9.17) is 34.2 Å². The number of esters is 1. The number of carboxylic acid groups (broad SMARTS) is 1. The Kier molecular flexibility index (Phi) is 28.8. The first-order valence-corrected chi connectivity index (χ1v) is 31.5. The maximum Gasteiger partial charge on any atom is 0.410 e. The molecule has 27 nitrogen and oxygen atoms in total. The van der Waals surface area contributed by atoms with Crippen molar-refractivity contribution in [3.8, 4) is 5.75 Å². The lowest BCUT2D eigenvalue weighted by molar-refractivity contribution is -0.271. The number of carbonyl (C=O) groups is 9. The number of anilines is 1. The molecule has 2 aromatic rings. The van der Waals surface area contributed by atoms with E-state index in [-0.39, 0.29) is 41.3 Å². The number of carboxylic acids is 1. The summed E-state index contributed by atoms with van der Waals surface area (Å²) in [7, 11) is 6.01. The molecule has 0 radical (unpaired) electrons. The number of nitrogens with one attached hydrogen (secondary N) is 4. The number of nitrogens with two attached hydrogens (primary N) is 1. The molecule has 0 saturated carbocycles. The summed E-state index contributed by atoms with van der Waals surface area (Å²) in [6.07, 6.45) is -12.5. The van der Waals surface area contributed by atoms with Crippen LogP contribution in [0.1, 0.15) is 145 Å². The summed E-state index contributed by atoms with van der Waals surface area (Å²) in [5, 5.41) is 52.8. The molecule has 2 saturated heterocycles. The number of hydrogen-bond acceptors (Lipinski definition) is 19. The van der Waals surface area contributed by atoms with E-state index in [0.717, 1.165) is 6.07 Å². The zero-order valence-corrected chi connectivity index (χ0v) is 56.5. The number of nitrogens with zero attached hydrogens (tertiary/aromatic N) is 3. The summed E-state index contributed by atoms with van der Waals surface area (Å²) >= 11 is 0. The SMILES string of the molecule is CC[C@H](C)[C@@H]([C@@H](CC(=O)N1CCC[C@H]1[C@H](OC)[C@@H](C)C(=O)N[C@H](C)[C@@H](OC(=O)c1ccc(NC(=O)[C@H](C)NC(=O)[C@@H](N)C(C)C)cc1O[C@@H]1O[C@H](C(=O)O)[C@@H](O)[C@H](O)[C@H]1O)c1ccccc1)OC)N(C)C(=O)[C@@H](NC(=O)[C@H](C(C)C)N(C)C(=O)OC(C)(C)C)C(C)C. The highest BCUT2D eigenvalue weighted by Crippen LogP contribution is 2.34. The first-order valence-electron chi connectivity index (χ1n) is 31.5. The first kappa shape index (κ1) is 77.4. The average molecular weight is 1300 g/mol. The third-order valence-corrected chi connectivity index (χ3v) is 17.0. The molecule has 0 spiro atoms. The number of amides is 7. The number of likely N-dealkylation sites (N-methyl/N-ethyl adjacent to an activating group) is 2. The molecule has 2 aliphatic heterocycles. The van der Waals surface area contributed by atoms with Crippen LogP contribution in [0.3, 0.4) is 0 Å². The van der Waals surface area contributed by atoms with Gasteiger partial charge in [-0.1, -0.05) is 99.1 Å². The Hall–Kier alpha value is -7.01. The lowest BCUT2D eigenvalue weighted by Gasteiger charge is -2.41. The Bertz CT molecular complexity index is 2840. The summed E-state index contributed by atoms with van der Waals surface area (Å²) in [5.74, 6) is -8.51. The van der Waals surface area contributed by atoms with Crippen LogP contribution in [0.5, 0.6) is 5.75 Å². The third kappa shape index (κ3) is 20.0. The van der Waals surface area contributed by atoms with Gasteiger partial charge in [-0.2, -0.15) is 0 Å². The summed E-state index contributed by atoms with van der Waals surface area (Å²) in [4.78, 5) is 128. The number of rotatable bonds is 30. The van der Waals surface area contributed by atoms with Gasteiger partial charge in [-0.15, -0.1) is 0 Å². The molecule has 27 heteroatoms. The Labute approximate surface area is 540 Å². The minimum Gasteiger partial charge on any atom is -0.479 e. The number of benzene rings is 2. The minimum atomic E-state index is -2.10. The van der Waals surface area contributed by atoms with Gasteiger partial charge in [0.05, 0.1) is 48.7 Å². The molecule has 2 heterocycles. The number of aliphatic carboxylic acids is 1. The second-order valence-electron chi connectivity index (χ2n) is 26.2. The van der Waals surface area contributed by atoms with Crippen molar-refractivity contribution >= 4 is 59.2 Å². The molecule has 92 heavy (non-hydrogen) atoms. The molecule has 4 rings (SSSR count). The van der Waals surface area contributed by atoms with E-state index in [1.54, 1.807) is 118 Å². The van der Waals surface area contributed by atoms with E-state index in [2.05, 4.69) is 21.3 Å². The fourth-order valence-corrected chi connectivity index (χ4v) is 11.4. The normalized spacial score (nSPS) is 22.0. The monoisotopic (exact) mass is 1300 g/mol. The Morgan fingerprint density at radius 3 is 1.93 bits per heavy atom. The molecule has 0 bridgehead atoms. The van der Waals surface area contributed by atoms with E-state index in [1.165, 1.54) is 50.1 Å². The van der Waals surface area contributed by atoms with E-state index in [9.17, 15) is 63.6 Å². The van der Waals surface area contributed by atoms with Crippen molar-refractivity contribution < 1.29 is 92.0 Å². The predicted molar refractivity (Wildman–Crippen MR) is 338 cm³/mol. The number of hydrogen-bond donors (Lipinski definition) is 9. The molecule has 17 atom stereocenters. The molecular formula is C65H102N8O19. The predicted octanol–water partition coefficient (Wildman–Crippen LogP) is 3.74. The highest BCUT2D eigenvalue weighted by atomic mass is 16.7. The van der Waals surface area contributed by atoms with Crippen LogP contribution in [0.2, 0.25) is 0 Å². The largest absolute Gasteiger partial charge is 0.479 e. The highest BCUT2D eigenvalue weighted by molar-refractivity contribution is 5.99. The number of aliphatic hydroxyl groups excluding tert-OH is 3. The fourth-order valence-electron chi connectivity index (χ4n) is 11.4. The van der Waals surface area contributed by atoms with Gasteiger partial charge >= 0.3 is 18.0 Å². The van der Waals surface area contributed by atoms with E-state index in [0.29, 0.717) is 31.4 Å². The second kappa shape index (κ2) is 34.2. The summed E-state index contributed by atoms with van der Waals surface area (Å²) in [6.45, 7) is 24.7. The number of carbonyl (C=O) groups excluding carboxylic acids is 8. The molecular weight excluding hydrogens is 1200 g/mol. The van der Waals surface area contributed by atoms with Crippen molar-refractivity contribution in [1.29, 1.82) is 0 Å². The molecule has 2 aromatic carbocycles. The zero-order valence-electron chi connectivity index (χ0n) is 56.5. The number of ether oxygens (including phenoxy) is 6. The molecule has 0 aromatic heterocycles. The molecule has 0 aliphatic carbocycles. The van der Waals surface area contributed by atoms with Gasteiger partial charge in [0, 0.05) is 46.6 Å². The summed E-state index contributed by atoms with van der Waals surface area (Å²) in [5.41, 5.74) is 5.18. The zero-order chi connectivity index (χ0) is 69.5. The van der Waals surface area contributed by atoms with Crippen LogP contribution in [-0.2, 0) is 57.2 Å². The van der Waals surface area contributed by atoms with Gasteiger partial charge in [0.15, 0.2) is 6.10 Å². The van der Waals surface area contributed by atoms with Crippen LogP contribution in [0.25, 0.3) is 0 Å². The Morgan fingerprint density at radius 1 is 0.761 bits per heavy atom. The lowest BCUT2D eigenvalue weighted by Crippen LogP contribution is -2.61. The van der Waals surface area contributed by atoms with Crippen molar-refractivity contribution in [2.24, 2.45) is 35.3 Å². The van der Waals surface area contributed by atoms with Gasteiger partial charge in [-0.3, -0.25) is 33.7 Å². The van der Waals surface area contributed by atoms with Gasteiger partial charge in [0.1, 0.15) is 59.5 Å². The molecule has 7 amide bonds. The van der Waals surface area contributed by atoms with E-state index in [1.807, 2.05) is 13.8 Å². The van der Waals surface area contributed by atoms with E-state index < -0.39 is 162 Å². The molecule has 10 N–H and O–H groups in total. The minimum absolute atomic E-state index is 0.0304. The van der Waals surface area contributed by atoms with Crippen LogP contribution in [0, 0.1) is 29.6 Å². The number of aliphatic hydroxyl groups is 3. The quantitative estimate of drug-likeness (QED) is 0.0503. The lowest BCUT2D eigenvalue weighted by atomic mass is 9.89. The third-order valence-electron chi connectivity index (χ3n) is 17.0. The molecule has 2 fully saturated rings. The molecule has 2 aliphatic rings.